The van der Waals surface area contributed by atoms with Gasteiger partial charge in [-0.1, -0.05) is 40.0 Å². The van der Waals surface area contributed by atoms with E-state index >= 15 is 0 Å². The largest absolute Gasteiger partial charge is 0.786 e. The van der Waals surface area contributed by atoms with Crippen molar-refractivity contribution in [2.24, 2.45) is 0 Å². The minimum Gasteiger partial charge on any atom is -0.786 e. The smallest absolute Gasteiger partial charge is 0.0800 e. The first kappa shape index (κ1) is 14.3. The molecular weight excluding hydrogens is 199 g/mol. The van der Waals surface area contributed by atoms with E-state index in [2.05, 4.69) is 6.92 Å². The number of unbranched alkanes of at least 4 members (excludes halogenated alkanes) is 2. The van der Waals surface area contributed by atoms with E-state index in [1.807, 2.05) is 13.8 Å². The Morgan fingerprint density at radius 1 is 1.21 bits per heavy atom. The van der Waals surface area contributed by atoms with Crippen LogP contribution in [0.25, 0.3) is 0 Å². The van der Waals surface area contributed by atoms with Crippen molar-refractivity contribution in [3.05, 3.63) is 0 Å². The Kier molecular flexibility index (Phi) is 7.75. The fourth-order valence-corrected chi connectivity index (χ4v) is 2.32. The lowest BCUT2D eigenvalue weighted by atomic mass is 9.91. The summed E-state index contributed by atoms with van der Waals surface area (Å²) in [6.45, 7) is 6.16. The summed E-state index contributed by atoms with van der Waals surface area (Å²) in [5.74, 6) is 0. The van der Waals surface area contributed by atoms with Gasteiger partial charge in [-0.05, 0) is 19.3 Å². The van der Waals surface area contributed by atoms with Gasteiger partial charge in [0.2, 0.25) is 0 Å². The van der Waals surface area contributed by atoms with E-state index in [-0.39, 0.29) is 5.60 Å². The van der Waals surface area contributed by atoms with Gasteiger partial charge in [0, 0.05) is 0 Å². The average molecular weight is 221 g/mol. The van der Waals surface area contributed by atoms with Crippen LogP contribution in [-0.4, -0.2) is 10.5 Å². The molecule has 0 saturated heterocycles. The standard InChI is InChI=1S/C10H22O3P/c1-4-7-8-9-10(5-2,6-3)13-14(11)12/h11H,4-9H2,1-3H3/q-1. The Bertz CT molecular complexity index is 135. The minimum atomic E-state index is -2.47. The molecule has 1 N–H and O–H groups in total. The molecule has 0 rings (SSSR count). The highest BCUT2D eigenvalue weighted by Gasteiger charge is 2.26. The van der Waals surface area contributed by atoms with Crippen molar-refractivity contribution < 1.29 is 14.3 Å². The Labute approximate surface area is 88.5 Å². The van der Waals surface area contributed by atoms with Crippen LogP contribution in [0.15, 0.2) is 0 Å². The molecule has 3 nitrogen and oxygen atoms in total. The zero-order chi connectivity index (χ0) is 11.0. The molecule has 0 saturated carbocycles. The molecule has 1 atom stereocenters. The molecule has 0 spiro atoms. The summed E-state index contributed by atoms with van der Waals surface area (Å²) in [5.41, 5.74) is -0.378. The molecule has 0 aromatic rings. The van der Waals surface area contributed by atoms with E-state index in [9.17, 15) is 4.89 Å². The van der Waals surface area contributed by atoms with Crippen LogP contribution >= 0.6 is 8.60 Å². The van der Waals surface area contributed by atoms with Gasteiger partial charge in [0.1, 0.15) is 0 Å². The summed E-state index contributed by atoms with van der Waals surface area (Å²) in [4.78, 5) is 19.5. The Hall–Kier alpha value is 0.310. The third-order valence-electron chi connectivity index (χ3n) is 2.80. The molecule has 0 radical (unpaired) electrons. The van der Waals surface area contributed by atoms with E-state index < -0.39 is 8.60 Å². The molecule has 0 bridgehead atoms. The van der Waals surface area contributed by atoms with Crippen molar-refractivity contribution in [1.29, 1.82) is 0 Å². The summed E-state index contributed by atoms with van der Waals surface area (Å²) in [6, 6.07) is 0. The lowest BCUT2D eigenvalue weighted by Crippen LogP contribution is -2.30. The molecule has 0 aromatic heterocycles. The van der Waals surface area contributed by atoms with Gasteiger partial charge in [0.25, 0.3) is 0 Å². The van der Waals surface area contributed by atoms with Crippen LogP contribution < -0.4 is 4.89 Å². The SMILES string of the molecule is CCCCCC(CC)(CC)OP([O-])O. The van der Waals surface area contributed by atoms with E-state index in [0.29, 0.717) is 0 Å². The number of rotatable bonds is 8. The first-order chi connectivity index (χ1) is 6.60. The van der Waals surface area contributed by atoms with Gasteiger partial charge in [-0.15, -0.1) is 0 Å². The Morgan fingerprint density at radius 3 is 2.14 bits per heavy atom. The molecule has 1 unspecified atom stereocenters. The first-order valence-corrected chi connectivity index (χ1v) is 6.58. The molecule has 4 heteroatoms. The fourth-order valence-electron chi connectivity index (χ4n) is 1.64. The maximum Gasteiger partial charge on any atom is 0.0800 e. The second kappa shape index (κ2) is 7.58. The van der Waals surface area contributed by atoms with Crippen molar-refractivity contribution >= 4 is 8.60 Å². The summed E-state index contributed by atoms with van der Waals surface area (Å²) >= 11 is 0. The summed E-state index contributed by atoms with van der Waals surface area (Å²) in [5, 5.41) is 0. The maximum absolute atomic E-state index is 10.7. The van der Waals surface area contributed by atoms with Crippen LogP contribution in [0.4, 0.5) is 0 Å². The van der Waals surface area contributed by atoms with Gasteiger partial charge in [-0.25, -0.2) is 0 Å². The fraction of sp³-hybridized carbons (Fsp3) is 1.00. The number of hydrogen-bond donors (Lipinski definition) is 1. The van der Waals surface area contributed by atoms with Gasteiger partial charge < -0.3 is 14.3 Å². The highest BCUT2D eigenvalue weighted by atomic mass is 31.2. The van der Waals surface area contributed by atoms with Gasteiger partial charge in [-0.3, -0.25) is 0 Å². The maximum atomic E-state index is 10.7. The number of hydrogen-bond acceptors (Lipinski definition) is 3. The van der Waals surface area contributed by atoms with Crippen LogP contribution in [0.1, 0.15) is 59.3 Å². The normalized spacial score (nSPS) is 14.4. The second-order valence-corrected chi connectivity index (χ2v) is 4.33. The quantitative estimate of drug-likeness (QED) is 0.506. The molecule has 86 valence electrons. The molecule has 14 heavy (non-hydrogen) atoms. The van der Waals surface area contributed by atoms with Crippen LogP contribution in [0, 0.1) is 0 Å². The third-order valence-corrected chi connectivity index (χ3v) is 3.34. The van der Waals surface area contributed by atoms with Crippen LogP contribution in [0.5, 0.6) is 0 Å². The lowest BCUT2D eigenvalue weighted by Gasteiger charge is -2.35. The van der Waals surface area contributed by atoms with Crippen molar-refractivity contribution in [1.82, 2.24) is 0 Å². The molecular formula is C10H22O3P-. The zero-order valence-corrected chi connectivity index (χ0v) is 10.3. The highest BCUT2D eigenvalue weighted by molar-refractivity contribution is 7.37. The van der Waals surface area contributed by atoms with Crippen molar-refractivity contribution in [3.63, 3.8) is 0 Å². The van der Waals surface area contributed by atoms with Gasteiger partial charge >= 0.3 is 0 Å². The van der Waals surface area contributed by atoms with Gasteiger partial charge in [0.05, 0.1) is 14.2 Å². The Balaban J connectivity index is 4.07. The van der Waals surface area contributed by atoms with E-state index in [1.54, 1.807) is 0 Å². The summed E-state index contributed by atoms with van der Waals surface area (Å²) in [6.07, 6.45) is 5.88. The highest BCUT2D eigenvalue weighted by Crippen LogP contribution is 2.37. The van der Waals surface area contributed by atoms with Crippen LogP contribution in [-0.2, 0) is 4.52 Å². The van der Waals surface area contributed by atoms with E-state index in [1.165, 1.54) is 0 Å². The molecule has 0 heterocycles. The summed E-state index contributed by atoms with van der Waals surface area (Å²) < 4.78 is 5.15. The topological polar surface area (TPSA) is 52.5 Å². The van der Waals surface area contributed by atoms with Crippen LogP contribution in [0.2, 0.25) is 0 Å². The van der Waals surface area contributed by atoms with Crippen molar-refractivity contribution in [3.8, 4) is 0 Å². The van der Waals surface area contributed by atoms with E-state index in [4.69, 9.17) is 9.42 Å². The van der Waals surface area contributed by atoms with Gasteiger partial charge in [-0.2, -0.15) is 0 Å². The lowest BCUT2D eigenvalue weighted by molar-refractivity contribution is -0.211. The molecule has 0 aliphatic carbocycles. The molecule has 0 fully saturated rings. The Morgan fingerprint density at radius 2 is 1.79 bits per heavy atom. The zero-order valence-electron chi connectivity index (χ0n) is 9.45. The van der Waals surface area contributed by atoms with Gasteiger partial charge in [0.15, 0.2) is 0 Å². The molecule has 0 aliphatic rings. The first-order valence-electron chi connectivity index (χ1n) is 5.45. The predicted octanol–water partition coefficient (Wildman–Crippen LogP) is 2.72. The molecule has 0 aromatic carbocycles. The summed E-state index contributed by atoms with van der Waals surface area (Å²) in [7, 11) is -2.47. The van der Waals surface area contributed by atoms with Crippen LogP contribution in [0.3, 0.4) is 0 Å². The molecule has 0 aliphatic heterocycles. The third kappa shape index (κ3) is 5.26. The van der Waals surface area contributed by atoms with Crippen molar-refractivity contribution in [2.45, 2.75) is 64.9 Å². The molecule has 0 amide bonds. The second-order valence-electron chi connectivity index (χ2n) is 3.68. The van der Waals surface area contributed by atoms with Crippen molar-refractivity contribution in [2.75, 3.05) is 0 Å². The average Bonchev–Trinajstić information content (AvgIpc) is 2.16. The predicted molar refractivity (Wildman–Crippen MR) is 57.7 cm³/mol. The monoisotopic (exact) mass is 221 g/mol. The minimum absolute atomic E-state index is 0.378. The van der Waals surface area contributed by atoms with E-state index in [0.717, 1.165) is 38.5 Å².